The van der Waals surface area contributed by atoms with Crippen molar-refractivity contribution in [2.75, 3.05) is 6.54 Å². The highest BCUT2D eigenvalue weighted by Gasteiger charge is 2.39. The van der Waals surface area contributed by atoms with E-state index in [0.29, 0.717) is 17.5 Å². The van der Waals surface area contributed by atoms with Crippen LogP contribution < -0.4 is 5.32 Å². The maximum absolute atomic E-state index is 12.8. The first-order chi connectivity index (χ1) is 12.2. The summed E-state index contributed by atoms with van der Waals surface area (Å²) in [7, 11) is 0. The van der Waals surface area contributed by atoms with Crippen molar-refractivity contribution in [1.82, 2.24) is 9.88 Å². The zero-order chi connectivity index (χ0) is 19.5. The fourth-order valence-electron chi connectivity index (χ4n) is 3.67. The predicted molar refractivity (Wildman–Crippen MR) is 103 cm³/mol. The van der Waals surface area contributed by atoms with Crippen LogP contribution >= 0.6 is 0 Å². The van der Waals surface area contributed by atoms with Gasteiger partial charge in [-0.05, 0) is 45.7 Å². The maximum Gasteiger partial charge on any atom is 0.315 e. The topological polar surface area (TPSA) is 71.3 Å². The first-order valence-corrected chi connectivity index (χ1v) is 9.00. The lowest BCUT2D eigenvalue weighted by Gasteiger charge is -2.29. The minimum atomic E-state index is -1.14. The van der Waals surface area contributed by atoms with E-state index in [0.717, 1.165) is 11.4 Å². The number of nitrogens with one attached hydrogen (secondary N) is 1. The third-order valence-electron chi connectivity index (χ3n) is 5.14. The standard InChI is InChI=1S/C21H28N2O3/c1-6-21(20(25)26,17-10-8-7-9-11-17)13-22-19(24)18-12-15(4)23(14(2)3)16(18)5/h7-12,14H,6,13H2,1-5H3,(H,22,24)(H,25,26). The van der Waals surface area contributed by atoms with E-state index in [4.69, 9.17) is 0 Å². The third-order valence-corrected chi connectivity index (χ3v) is 5.14. The van der Waals surface area contributed by atoms with Crippen LogP contribution in [0.25, 0.3) is 0 Å². The van der Waals surface area contributed by atoms with Crippen LogP contribution in [-0.2, 0) is 10.2 Å². The highest BCUT2D eigenvalue weighted by Crippen LogP contribution is 2.28. The van der Waals surface area contributed by atoms with Crippen molar-refractivity contribution in [3.63, 3.8) is 0 Å². The van der Waals surface area contributed by atoms with Gasteiger partial charge < -0.3 is 15.0 Å². The first-order valence-electron chi connectivity index (χ1n) is 9.00. The second-order valence-electron chi connectivity index (χ2n) is 7.04. The number of carbonyl (C=O) groups is 2. The van der Waals surface area contributed by atoms with Crippen LogP contribution in [0.5, 0.6) is 0 Å². The van der Waals surface area contributed by atoms with Gasteiger partial charge in [-0.15, -0.1) is 0 Å². The number of hydrogen-bond acceptors (Lipinski definition) is 2. The van der Waals surface area contributed by atoms with Crippen molar-refractivity contribution < 1.29 is 14.7 Å². The smallest absolute Gasteiger partial charge is 0.315 e. The highest BCUT2D eigenvalue weighted by molar-refractivity contribution is 5.96. The molecule has 0 aliphatic rings. The fraction of sp³-hybridized carbons (Fsp3) is 0.429. The second-order valence-corrected chi connectivity index (χ2v) is 7.04. The minimum Gasteiger partial charge on any atom is -0.481 e. The maximum atomic E-state index is 12.8. The number of rotatable bonds is 7. The average Bonchev–Trinajstić information content (AvgIpc) is 2.91. The molecular formula is C21H28N2O3. The lowest BCUT2D eigenvalue weighted by Crippen LogP contribution is -2.46. The van der Waals surface area contributed by atoms with E-state index in [2.05, 4.69) is 23.7 Å². The Labute approximate surface area is 155 Å². The molecule has 5 nitrogen and oxygen atoms in total. The summed E-state index contributed by atoms with van der Waals surface area (Å²) in [6.07, 6.45) is 0.387. The van der Waals surface area contributed by atoms with Gasteiger partial charge in [0.1, 0.15) is 5.41 Å². The molecule has 5 heteroatoms. The van der Waals surface area contributed by atoms with Crippen LogP contribution in [0.2, 0.25) is 0 Å². The largest absolute Gasteiger partial charge is 0.481 e. The van der Waals surface area contributed by atoms with E-state index < -0.39 is 11.4 Å². The third kappa shape index (κ3) is 3.52. The van der Waals surface area contributed by atoms with E-state index in [-0.39, 0.29) is 18.5 Å². The number of carboxylic acids is 1. The Balaban J connectivity index is 2.29. The summed E-state index contributed by atoms with van der Waals surface area (Å²) in [4.78, 5) is 24.8. The summed E-state index contributed by atoms with van der Waals surface area (Å²) in [6.45, 7) is 9.92. The molecule has 0 spiro atoms. The number of aryl methyl sites for hydroxylation is 1. The number of nitrogens with zero attached hydrogens (tertiary/aromatic N) is 1. The molecule has 0 aliphatic carbocycles. The van der Waals surface area contributed by atoms with Crippen molar-refractivity contribution in [3.05, 3.63) is 58.9 Å². The van der Waals surface area contributed by atoms with Gasteiger partial charge in [-0.25, -0.2) is 0 Å². The number of carbonyl (C=O) groups excluding carboxylic acids is 1. The molecule has 1 aromatic heterocycles. The van der Waals surface area contributed by atoms with Crippen molar-refractivity contribution in [1.29, 1.82) is 0 Å². The Morgan fingerprint density at radius 3 is 2.27 bits per heavy atom. The van der Waals surface area contributed by atoms with Gasteiger partial charge in [0.2, 0.25) is 0 Å². The van der Waals surface area contributed by atoms with Gasteiger partial charge in [0, 0.05) is 24.0 Å². The molecule has 0 bridgehead atoms. The summed E-state index contributed by atoms with van der Waals surface area (Å²) in [5, 5.41) is 12.7. The number of aromatic nitrogens is 1. The van der Waals surface area contributed by atoms with Gasteiger partial charge in [-0.1, -0.05) is 37.3 Å². The van der Waals surface area contributed by atoms with E-state index in [1.54, 1.807) is 12.1 Å². The lowest BCUT2D eigenvalue weighted by atomic mass is 9.78. The van der Waals surface area contributed by atoms with Gasteiger partial charge in [0.15, 0.2) is 0 Å². The zero-order valence-corrected chi connectivity index (χ0v) is 16.2. The molecule has 1 unspecified atom stereocenters. The second kappa shape index (κ2) is 7.77. The molecule has 0 aliphatic heterocycles. The lowest BCUT2D eigenvalue weighted by molar-refractivity contribution is -0.143. The summed E-state index contributed by atoms with van der Waals surface area (Å²) in [5.74, 6) is -1.17. The molecule has 1 aromatic carbocycles. The van der Waals surface area contributed by atoms with Crippen molar-refractivity contribution >= 4 is 11.9 Å². The van der Waals surface area contributed by atoms with E-state index >= 15 is 0 Å². The van der Waals surface area contributed by atoms with Gasteiger partial charge in [-0.3, -0.25) is 9.59 Å². The Kier molecular flexibility index (Phi) is 5.90. The van der Waals surface area contributed by atoms with E-state index in [1.807, 2.05) is 45.0 Å². The molecule has 0 saturated carbocycles. The Bertz CT molecular complexity index is 793. The van der Waals surface area contributed by atoms with E-state index in [1.165, 1.54) is 0 Å². The molecule has 2 rings (SSSR count). The van der Waals surface area contributed by atoms with Crippen LogP contribution in [0.4, 0.5) is 0 Å². The summed E-state index contributed by atoms with van der Waals surface area (Å²) >= 11 is 0. The number of amides is 1. The molecular weight excluding hydrogens is 328 g/mol. The quantitative estimate of drug-likeness (QED) is 0.791. The van der Waals surface area contributed by atoms with Crippen LogP contribution in [0.1, 0.15) is 60.5 Å². The van der Waals surface area contributed by atoms with Crippen molar-refractivity contribution in [2.45, 2.75) is 52.5 Å². The van der Waals surface area contributed by atoms with Crippen LogP contribution in [-0.4, -0.2) is 28.1 Å². The van der Waals surface area contributed by atoms with Crippen LogP contribution in [0.3, 0.4) is 0 Å². The van der Waals surface area contributed by atoms with E-state index in [9.17, 15) is 14.7 Å². The molecule has 140 valence electrons. The number of benzene rings is 1. The predicted octanol–water partition coefficient (Wildman–Crippen LogP) is 3.85. The normalized spacial score (nSPS) is 13.5. The number of carboxylic acid groups (broad SMARTS) is 1. The molecule has 0 saturated heterocycles. The Hall–Kier alpha value is -2.56. The fourth-order valence-corrected chi connectivity index (χ4v) is 3.67. The van der Waals surface area contributed by atoms with Crippen LogP contribution in [0, 0.1) is 13.8 Å². The number of aliphatic carboxylic acids is 1. The van der Waals surface area contributed by atoms with Crippen molar-refractivity contribution in [3.8, 4) is 0 Å². The zero-order valence-electron chi connectivity index (χ0n) is 16.2. The number of hydrogen-bond donors (Lipinski definition) is 2. The van der Waals surface area contributed by atoms with Crippen LogP contribution in [0.15, 0.2) is 36.4 Å². The summed E-state index contributed by atoms with van der Waals surface area (Å²) in [6, 6.07) is 11.2. The highest BCUT2D eigenvalue weighted by atomic mass is 16.4. The average molecular weight is 356 g/mol. The molecule has 1 atom stereocenters. The molecule has 0 fully saturated rings. The Morgan fingerprint density at radius 2 is 1.81 bits per heavy atom. The van der Waals surface area contributed by atoms with Gasteiger partial charge in [-0.2, -0.15) is 0 Å². The molecule has 1 heterocycles. The molecule has 1 amide bonds. The SMILES string of the molecule is CCC(CNC(=O)c1cc(C)n(C(C)C)c1C)(C(=O)O)c1ccccc1. The summed E-state index contributed by atoms with van der Waals surface area (Å²) in [5.41, 5.74) is 2.07. The molecule has 0 radical (unpaired) electrons. The first kappa shape index (κ1) is 19.8. The molecule has 2 aromatic rings. The molecule has 26 heavy (non-hydrogen) atoms. The minimum absolute atomic E-state index is 0.0486. The van der Waals surface area contributed by atoms with Gasteiger partial charge in [0.25, 0.3) is 5.91 Å². The van der Waals surface area contributed by atoms with Gasteiger partial charge >= 0.3 is 5.97 Å². The summed E-state index contributed by atoms with van der Waals surface area (Å²) < 4.78 is 2.11. The van der Waals surface area contributed by atoms with Gasteiger partial charge in [0.05, 0.1) is 5.56 Å². The monoisotopic (exact) mass is 356 g/mol. The van der Waals surface area contributed by atoms with Crippen molar-refractivity contribution in [2.24, 2.45) is 0 Å². The Morgan fingerprint density at radius 1 is 1.19 bits per heavy atom. The molecule has 2 N–H and O–H groups in total.